The van der Waals surface area contributed by atoms with Gasteiger partial charge < -0.3 is 19.9 Å². The summed E-state index contributed by atoms with van der Waals surface area (Å²) in [4.78, 5) is 44.8. The van der Waals surface area contributed by atoms with Gasteiger partial charge in [0.2, 0.25) is 5.91 Å². The van der Waals surface area contributed by atoms with Crippen LogP contribution in [0.4, 0.5) is 29.6 Å². The lowest BCUT2D eigenvalue weighted by Gasteiger charge is -2.41. The molecule has 13 heteroatoms. The largest absolute Gasteiger partial charge is 0.444 e. The van der Waals surface area contributed by atoms with Crippen LogP contribution < -0.4 is 10.2 Å². The Kier molecular flexibility index (Phi) is 6.76. The molecule has 0 bridgehead atoms. The van der Waals surface area contributed by atoms with Crippen molar-refractivity contribution in [3.63, 3.8) is 0 Å². The molecule has 0 saturated carbocycles. The fraction of sp³-hybridized carbons (Fsp3) is 0.565. The highest BCUT2D eigenvalue weighted by Crippen LogP contribution is 2.45. The van der Waals surface area contributed by atoms with E-state index in [1.165, 1.54) is 12.4 Å². The maximum absolute atomic E-state index is 13.8. The number of rotatable bonds is 3. The standard InChI is InChI=1S/C23H28F3N7O3/c1-5-13-11-32(6-7-33(13)21(35)36-22(2,3)4)16-10-27-9-15(30-16)19-18-14(23(24,25)26)8-17(34)31-20(18)29-12-28-19/h9-10,12-14H,5-8,11H2,1-4H3,(H,28,29,31,34)/t13-,14-/m0/s1. The normalized spacial score (nSPS) is 20.6. The zero-order valence-corrected chi connectivity index (χ0v) is 20.5. The van der Waals surface area contributed by atoms with Gasteiger partial charge >= 0.3 is 12.3 Å². The third-order valence-electron chi connectivity index (χ3n) is 6.05. The molecule has 0 aromatic carbocycles. The molecule has 10 nitrogen and oxygen atoms in total. The second kappa shape index (κ2) is 9.51. The molecule has 1 saturated heterocycles. The highest BCUT2D eigenvalue weighted by atomic mass is 19.4. The summed E-state index contributed by atoms with van der Waals surface area (Å²) in [6, 6.07) is -0.143. The molecule has 2 atom stereocenters. The van der Waals surface area contributed by atoms with Crippen molar-refractivity contribution < 1.29 is 27.5 Å². The molecule has 2 aromatic rings. The van der Waals surface area contributed by atoms with Crippen LogP contribution in [-0.2, 0) is 9.53 Å². The van der Waals surface area contributed by atoms with Gasteiger partial charge in [-0.25, -0.2) is 19.7 Å². The second-order valence-corrected chi connectivity index (χ2v) is 9.78. The first-order valence-electron chi connectivity index (χ1n) is 11.7. The number of nitrogens with one attached hydrogen (secondary N) is 1. The highest BCUT2D eigenvalue weighted by molar-refractivity contribution is 5.95. The van der Waals surface area contributed by atoms with Gasteiger partial charge in [-0.15, -0.1) is 0 Å². The van der Waals surface area contributed by atoms with Crippen molar-refractivity contribution in [2.24, 2.45) is 0 Å². The number of piperazine rings is 1. The number of aromatic nitrogens is 4. The average Bonchev–Trinajstić information content (AvgIpc) is 2.81. The maximum atomic E-state index is 13.8. The third-order valence-corrected chi connectivity index (χ3v) is 6.05. The number of carbonyl (C=O) groups excluding carboxylic acids is 2. The lowest BCUT2D eigenvalue weighted by molar-refractivity contribution is -0.156. The van der Waals surface area contributed by atoms with Crippen molar-refractivity contribution in [1.82, 2.24) is 24.8 Å². The molecule has 0 radical (unpaired) electrons. The fourth-order valence-corrected chi connectivity index (χ4v) is 4.38. The van der Waals surface area contributed by atoms with Crippen molar-refractivity contribution in [2.75, 3.05) is 29.9 Å². The number of carbonyl (C=O) groups is 2. The zero-order valence-electron chi connectivity index (χ0n) is 20.5. The summed E-state index contributed by atoms with van der Waals surface area (Å²) in [5.74, 6) is -2.54. The van der Waals surface area contributed by atoms with E-state index in [1.807, 2.05) is 32.6 Å². The Morgan fingerprint density at radius 3 is 2.61 bits per heavy atom. The molecule has 0 unspecified atom stereocenters. The summed E-state index contributed by atoms with van der Waals surface area (Å²) in [5.41, 5.74) is -0.732. The van der Waals surface area contributed by atoms with E-state index in [9.17, 15) is 22.8 Å². The van der Waals surface area contributed by atoms with Crippen LogP contribution in [0.1, 0.15) is 52.0 Å². The summed E-state index contributed by atoms with van der Waals surface area (Å²) >= 11 is 0. The topological polar surface area (TPSA) is 113 Å². The Bertz CT molecular complexity index is 1150. The SMILES string of the molecule is CC[C@H]1CN(c2cncc(-c3ncnc4c3[C@@H](C(F)(F)F)CC(=O)N4)n2)CCN1C(=O)OC(C)(C)C. The molecule has 4 heterocycles. The lowest BCUT2D eigenvalue weighted by Crippen LogP contribution is -2.56. The van der Waals surface area contributed by atoms with Crippen LogP contribution in [0.2, 0.25) is 0 Å². The van der Waals surface area contributed by atoms with Crippen molar-refractivity contribution in [3.05, 3.63) is 24.3 Å². The molecule has 194 valence electrons. The van der Waals surface area contributed by atoms with Gasteiger partial charge in [-0.3, -0.25) is 9.78 Å². The van der Waals surface area contributed by atoms with Gasteiger partial charge in [-0.05, 0) is 27.2 Å². The van der Waals surface area contributed by atoms with Gasteiger partial charge in [-0.1, -0.05) is 6.92 Å². The summed E-state index contributed by atoms with van der Waals surface area (Å²) < 4.78 is 47.0. The van der Waals surface area contributed by atoms with Crippen LogP contribution in [0.15, 0.2) is 18.7 Å². The Balaban J connectivity index is 1.62. The summed E-state index contributed by atoms with van der Waals surface area (Å²) in [6.45, 7) is 8.68. The Labute approximate surface area is 206 Å². The molecule has 4 rings (SSSR count). The van der Waals surface area contributed by atoms with Crippen LogP contribution in [0, 0.1) is 0 Å². The molecule has 2 amide bonds. The van der Waals surface area contributed by atoms with Gasteiger partial charge in [0.15, 0.2) is 0 Å². The van der Waals surface area contributed by atoms with E-state index in [1.54, 1.807) is 4.90 Å². The minimum absolute atomic E-state index is 0.0314. The number of amides is 2. The number of fused-ring (bicyclic) bond motifs is 1. The van der Waals surface area contributed by atoms with E-state index in [0.29, 0.717) is 31.9 Å². The minimum atomic E-state index is -4.66. The number of alkyl halides is 3. The molecule has 2 aliphatic rings. The van der Waals surface area contributed by atoms with Gasteiger partial charge in [0, 0.05) is 31.6 Å². The summed E-state index contributed by atoms with van der Waals surface area (Å²) in [5, 5.41) is 2.40. The molecule has 36 heavy (non-hydrogen) atoms. The lowest BCUT2D eigenvalue weighted by atomic mass is 9.90. The van der Waals surface area contributed by atoms with E-state index in [4.69, 9.17) is 4.74 Å². The molecule has 0 aliphatic carbocycles. The van der Waals surface area contributed by atoms with E-state index in [-0.39, 0.29) is 34.9 Å². The molecule has 0 spiro atoms. The van der Waals surface area contributed by atoms with Crippen molar-refractivity contribution in [2.45, 2.75) is 64.3 Å². The molecule has 1 fully saturated rings. The predicted octanol–water partition coefficient (Wildman–Crippen LogP) is 3.76. The number of ether oxygens (including phenoxy) is 1. The first kappa shape index (κ1) is 25.6. The smallest absolute Gasteiger partial charge is 0.410 e. The summed E-state index contributed by atoms with van der Waals surface area (Å²) in [7, 11) is 0. The van der Waals surface area contributed by atoms with E-state index >= 15 is 0 Å². The Morgan fingerprint density at radius 2 is 1.94 bits per heavy atom. The van der Waals surface area contributed by atoms with Crippen LogP contribution in [0.5, 0.6) is 0 Å². The number of halogens is 3. The Morgan fingerprint density at radius 1 is 1.19 bits per heavy atom. The van der Waals surface area contributed by atoms with Crippen molar-refractivity contribution >= 4 is 23.6 Å². The molecule has 2 aromatic heterocycles. The second-order valence-electron chi connectivity index (χ2n) is 9.78. The monoisotopic (exact) mass is 507 g/mol. The molecular weight excluding hydrogens is 479 g/mol. The van der Waals surface area contributed by atoms with Gasteiger partial charge in [0.05, 0.1) is 30.0 Å². The van der Waals surface area contributed by atoms with E-state index < -0.39 is 30.0 Å². The third kappa shape index (κ3) is 5.34. The number of hydrogen-bond acceptors (Lipinski definition) is 8. The highest BCUT2D eigenvalue weighted by Gasteiger charge is 2.47. The number of hydrogen-bond donors (Lipinski definition) is 1. The van der Waals surface area contributed by atoms with Crippen LogP contribution in [0.25, 0.3) is 11.4 Å². The first-order chi connectivity index (χ1) is 16.9. The van der Waals surface area contributed by atoms with Gasteiger partial charge in [-0.2, -0.15) is 13.2 Å². The molecule has 2 aliphatic heterocycles. The summed E-state index contributed by atoms with van der Waals surface area (Å²) in [6.07, 6.45) is -1.18. The zero-order chi connectivity index (χ0) is 26.3. The number of nitrogens with zero attached hydrogens (tertiary/aromatic N) is 6. The molecule has 1 N–H and O–H groups in total. The van der Waals surface area contributed by atoms with Crippen molar-refractivity contribution in [1.29, 1.82) is 0 Å². The Hall–Kier alpha value is -3.51. The number of anilines is 2. The van der Waals surface area contributed by atoms with E-state index in [0.717, 1.165) is 6.33 Å². The average molecular weight is 508 g/mol. The fourth-order valence-electron chi connectivity index (χ4n) is 4.38. The predicted molar refractivity (Wildman–Crippen MR) is 124 cm³/mol. The van der Waals surface area contributed by atoms with Crippen LogP contribution in [0.3, 0.4) is 0 Å². The maximum Gasteiger partial charge on any atom is 0.410 e. The van der Waals surface area contributed by atoms with E-state index in [2.05, 4.69) is 25.3 Å². The molecular formula is C23H28F3N7O3. The quantitative estimate of drug-likeness (QED) is 0.668. The first-order valence-corrected chi connectivity index (χ1v) is 11.7. The van der Waals surface area contributed by atoms with Gasteiger partial charge in [0.1, 0.15) is 29.3 Å². The van der Waals surface area contributed by atoms with Crippen LogP contribution >= 0.6 is 0 Å². The van der Waals surface area contributed by atoms with Crippen LogP contribution in [-0.4, -0.2) is 74.3 Å². The van der Waals surface area contributed by atoms with Crippen molar-refractivity contribution in [3.8, 4) is 11.4 Å². The van der Waals surface area contributed by atoms with Gasteiger partial charge in [0.25, 0.3) is 0 Å². The minimum Gasteiger partial charge on any atom is -0.444 e.